The fourth-order valence-corrected chi connectivity index (χ4v) is 3.59. The van der Waals surface area contributed by atoms with Gasteiger partial charge in [-0.1, -0.05) is 31.1 Å². The summed E-state index contributed by atoms with van der Waals surface area (Å²) in [6, 6.07) is 2.08. The zero-order valence-electron chi connectivity index (χ0n) is 14.4. The summed E-state index contributed by atoms with van der Waals surface area (Å²) in [5.41, 5.74) is 0.420. The van der Waals surface area contributed by atoms with E-state index in [1.54, 1.807) is 6.07 Å². The van der Waals surface area contributed by atoms with Gasteiger partial charge in [0.2, 0.25) is 5.13 Å². The molecule has 1 fully saturated rings. The highest BCUT2D eigenvalue weighted by atomic mass is 35.5. The molecule has 1 saturated heterocycles. The Kier molecular flexibility index (Phi) is 7.80. The molecule has 1 unspecified atom stereocenters. The van der Waals surface area contributed by atoms with Crippen molar-refractivity contribution in [2.75, 3.05) is 18.4 Å². The number of carbonyl (C=O) groups is 1. The highest BCUT2D eigenvalue weighted by molar-refractivity contribution is 7.15. The molecule has 1 amide bonds. The van der Waals surface area contributed by atoms with Gasteiger partial charge in [0.05, 0.1) is 6.04 Å². The lowest BCUT2D eigenvalue weighted by Gasteiger charge is -2.22. The maximum atomic E-state index is 12.3. The predicted molar refractivity (Wildman–Crippen MR) is 102 cm³/mol. The second-order valence-electron chi connectivity index (χ2n) is 6.09. The van der Waals surface area contributed by atoms with Gasteiger partial charge in [0.1, 0.15) is 5.01 Å². The van der Waals surface area contributed by atoms with Gasteiger partial charge in [-0.2, -0.15) is 5.10 Å². The normalized spacial score (nSPS) is 17.1. The van der Waals surface area contributed by atoms with Crippen LogP contribution in [0.5, 0.6) is 0 Å². The van der Waals surface area contributed by atoms with Crippen molar-refractivity contribution in [1.29, 1.82) is 0 Å². The van der Waals surface area contributed by atoms with E-state index in [0.717, 1.165) is 43.8 Å². The molecule has 0 aliphatic carbocycles. The lowest BCUT2D eigenvalue weighted by Crippen LogP contribution is -2.32. The average molecular weight is 385 g/mol. The van der Waals surface area contributed by atoms with Gasteiger partial charge in [-0.15, -0.1) is 22.6 Å². The van der Waals surface area contributed by atoms with E-state index in [2.05, 4.69) is 32.9 Å². The summed E-state index contributed by atoms with van der Waals surface area (Å²) in [4.78, 5) is 12.3. The van der Waals surface area contributed by atoms with Gasteiger partial charge in [0.15, 0.2) is 5.69 Å². The molecular weight excluding hydrogens is 360 g/mol. The predicted octanol–water partition coefficient (Wildman–Crippen LogP) is 3.07. The van der Waals surface area contributed by atoms with E-state index in [1.165, 1.54) is 24.2 Å². The Bertz CT molecular complexity index is 667. The average Bonchev–Trinajstić information content (AvgIpc) is 3.26. The third kappa shape index (κ3) is 5.49. The number of rotatable bonds is 7. The van der Waals surface area contributed by atoms with Crippen LogP contribution in [0.4, 0.5) is 5.13 Å². The molecule has 2 aromatic rings. The number of aryl methyl sites for hydroxylation is 1. The number of carbonyl (C=O) groups excluding carboxylic acids is 1. The van der Waals surface area contributed by atoms with Crippen LogP contribution in [-0.4, -0.2) is 39.0 Å². The number of anilines is 1. The minimum absolute atomic E-state index is 0. The molecule has 1 atom stereocenters. The Morgan fingerprint density at radius 2 is 2.32 bits per heavy atom. The lowest BCUT2D eigenvalue weighted by atomic mass is 10.1. The fourth-order valence-electron chi connectivity index (χ4n) is 2.81. The molecule has 138 valence electrons. The molecule has 7 nitrogen and oxygen atoms in total. The van der Waals surface area contributed by atoms with Crippen LogP contribution in [0.2, 0.25) is 0 Å². The van der Waals surface area contributed by atoms with Gasteiger partial charge in [-0.05, 0) is 31.9 Å². The van der Waals surface area contributed by atoms with Gasteiger partial charge < -0.3 is 5.32 Å². The topological polar surface area (TPSA) is 84.7 Å². The molecule has 0 radical (unpaired) electrons. The fraction of sp³-hybridized carbons (Fsp3) is 0.625. The smallest absolute Gasteiger partial charge is 0.277 e. The second-order valence-corrected chi connectivity index (χ2v) is 7.16. The summed E-state index contributed by atoms with van der Waals surface area (Å²) in [7, 11) is 0. The summed E-state index contributed by atoms with van der Waals surface area (Å²) < 4.78 is 1.89. The molecule has 0 spiro atoms. The highest BCUT2D eigenvalue weighted by Crippen LogP contribution is 2.19. The number of nitrogens with one attached hydrogen (secondary N) is 2. The van der Waals surface area contributed by atoms with Crippen molar-refractivity contribution < 1.29 is 4.79 Å². The molecule has 25 heavy (non-hydrogen) atoms. The Hall–Kier alpha value is -1.51. The first-order valence-corrected chi connectivity index (χ1v) is 9.47. The van der Waals surface area contributed by atoms with Crippen molar-refractivity contribution >= 4 is 34.8 Å². The number of nitrogens with zero attached hydrogens (tertiary/aromatic N) is 4. The molecular formula is C16H25ClN6OS. The van der Waals surface area contributed by atoms with Gasteiger partial charge in [-0.3, -0.25) is 14.8 Å². The van der Waals surface area contributed by atoms with Gasteiger partial charge in [-0.25, -0.2) is 0 Å². The Morgan fingerprint density at radius 3 is 3.08 bits per heavy atom. The van der Waals surface area contributed by atoms with Crippen molar-refractivity contribution in [2.24, 2.45) is 0 Å². The summed E-state index contributed by atoms with van der Waals surface area (Å²) in [5, 5.41) is 20.3. The summed E-state index contributed by atoms with van der Waals surface area (Å²) >= 11 is 1.44. The van der Waals surface area contributed by atoms with Crippen molar-refractivity contribution in [1.82, 2.24) is 25.3 Å². The molecule has 2 aromatic heterocycles. The third-order valence-electron chi connectivity index (χ3n) is 4.17. The van der Waals surface area contributed by atoms with E-state index in [9.17, 15) is 4.79 Å². The summed E-state index contributed by atoms with van der Waals surface area (Å²) in [5.74, 6) is -0.228. The number of unbranched alkanes of at least 4 members (excludes halogenated alkanes) is 2. The van der Waals surface area contributed by atoms with Crippen molar-refractivity contribution in [3.63, 3.8) is 0 Å². The number of piperidine rings is 1. The molecule has 1 aliphatic rings. The number of amides is 1. The molecule has 0 aromatic carbocycles. The second kappa shape index (κ2) is 9.84. The molecule has 1 aliphatic heterocycles. The lowest BCUT2D eigenvalue weighted by molar-refractivity contribution is 0.102. The van der Waals surface area contributed by atoms with Crippen molar-refractivity contribution in [3.8, 4) is 0 Å². The van der Waals surface area contributed by atoms with Crippen molar-refractivity contribution in [2.45, 2.75) is 51.5 Å². The first-order chi connectivity index (χ1) is 11.8. The summed E-state index contributed by atoms with van der Waals surface area (Å²) in [6.45, 7) is 4.14. The standard InChI is InChI=1S/C16H24N6OS.ClH/c1-2-3-4-7-14-19-20-16(24-14)18-15(23)13-8-10-22(21-13)12-6-5-9-17-11-12;/h8,10,12,17H,2-7,9,11H2,1H3,(H,18,20,23);1H. The van der Waals surface area contributed by atoms with Crippen LogP contribution in [0.3, 0.4) is 0 Å². The van der Waals surface area contributed by atoms with Crippen LogP contribution in [-0.2, 0) is 6.42 Å². The Balaban J connectivity index is 0.00000225. The van der Waals surface area contributed by atoms with Gasteiger partial charge in [0, 0.05) is 19.2 Å². The van der Waals surface area contributed by atoms with Crippen LogP contribution >= 0.6 is 23.7 Å². The molecule has 0 saturated carbocycles. The molecule has 3 rings (SSSR count). The van der Waals surface area contributed by atoms with Gasteiger partial charge in [0.25, 0.3) is 5.91 Å². The molecule has 0 bridgehead atoms. The maximum absolute atomic E-state index is 12.3. The van der Waals surface area contributed by atoms with E-state index in [1.807, 2.05) is 10.9 Å². The number of hydrogen-bond donors (Lipinski definition) is 2. The minimum Gasteiger partial charge on any atom is -0.315 e. The van der Waals surface area contributed by atoms with E-state index in [0.29, 0.717) is 16.9 Å². The largest absolute Gasteiger partial charge is 0.315 e. The molecule has 3 heterocycles. The van der Waals surface area contributed by atoms with E-state index in [-0.39, 0.29) is 18.3 Å². The van der Waals surface area contributed by atoms with E-state index in [4.69, 9.17) is 0 Å². The number of hydrogen-bond acceptors (Lipinski definition) is 6. The maximum Gasteiger partial charge on any atom is 0.277 e. The monoisotopic (exact) mass is 384 g/mol. The highest BCUT2D eigenvalue weighted by Gasteiger charge is 2.18. The van der Waals surface area contributed by atoms with E-state index < -0.39 is 0 Å². The Morgan fingerprint density at radius 1 is 1.44 bits per heavy atom. The number of halogens is 1. The molecule has 2 N–H and O–H groups in total. The Labute approximate surface area is 158 Å². The van der Waals surface area contributed by atoms with Crippen LogP contribution in [0.15, 0.2) is 12.3 Å². The van der Waals surface area contributed by atoms with Crippen LogP contribution in [0.25, 0.3) is 0 Å². The SMILES string of the molecule is CCCCCc1nnc(NC(=O)c2ccn(C3CCCNC3)n2)s1.Cl. The first kappa shape index (κ1) is 19.8. The summed E-state index contributed by atoms with van der Waals surface area (Å²) in [6.07, 6.45) is 8.51. The van der Waals surface area contributed by atoms with E-state index >= 15 is 0 Å². The number of aromatic nitrogens is 4. The quantitative estimate of drug-likeness (QED) is 0.716. The van der Waals surface area contributed by atoms with Gasteiger partial charge >= 0.3 is 0 Å². The van der Waals surface area contributed by atoms with Crippen LogP contribution < -0.4 is 10.6 Å². The van der Waals surface area contributed by atoms with Crippen LogP contribution in [0.1, 0.15) is 60.6 Å². The van der Waals surface area contributed by atoms with Crippen LogP contribution in [0, 0.1) is 0 Å². The zero-order chi connectivity index (χ0) is 16.8. The van der Waals surface area contributed by atoms with Crippen molar-refractivity contribution in [3.05, 3.63) is 23.0 Å². The third-order valence-corrected chi connectivity index (χ3v) is 5.07. The molecule has 9 heteroatoms. The zero-order valence-corrected chi connectivity index (χ0v) is 16.0. The first-order valence-electron chi connectivity index (χ1n) is 8.66. The minimum atomic E-state index is -0.228.